The monoisotopic (exact) mass is 393 g/mol. The van der Waals surface area contributed by atoms with Crippen molar-refractivity contribution in [1.29, 1.82) is 0 Å². The predicted octanol–water partition coefficient (Wildman–Crippen LogP) is 4.87. The molecule has 0 aromatic heterocycles. The van der Waals surface area contributed by atoms with Crippen LogP contribution in [0.25, 0.3) is 12.2 Å². The van der Waals surface area contributed by atoms with E-state index in [0.717, 1.165) is 6.20 Å². The predicted molar refractivity (Wildman–Crippen MR) is 100 cm³/mol. The van der Waals surface area contributed by atoms with Gasteiger partial charge in [0.05, 0.1) is 12.0 Å². The number of benzene rings is 2. The molecule has 0 heterocycles. The number of carbonyl (C=O) groups excluding carboxylic acids is 1. The van der Waals surface area contributed by atoms with Crippen molar-refractivity contribution in [3.63, 3.8) is 0 Å². The molecule has 0 saturated heterocycles. The van der Waals surface area contributed by atoms with E-state index in [0.29, 0.717) is 21.2 Å². The van der Waals surface area contributed by atoms with E-state index < -0.39 is 10.9 Å². The van der Waals surface area contributed by atoms with Crippen LogP contribution in [0.2, 0.25) is 10.0 Å². The molecule has 26 heavy (non-hydrogen) atoms. The second-order valence-electron chi connectivity index (χ2n) is 4.90. The zero-order valence-electron chi connectivity index (χ0n) is 13.5. The van der Waals surface area contributed by atoms with E-state index in [1.807, 2.05) is 0 Å². The number of rotatable bonds is 6. The maximum absolute atomic E-state index is 12.0. The Morgan fingerprint density at radius 2 is 1.81 bits per heavy atom. The highest BCUT2D eigenvalue weighted by Gasteiger charge is 2.09. The number of methoxy groups -OCH3 is 1. The summed E-state index contributed by atoms with van der Waals surface area (Å²) in [6, 6.07) is 9.54. The summed E-state index contributed by atoms with van der Waals surface area (Å²) in [5, 5.41) is 11.2. The molecule has 8 heteroatoms. The summed E-state index contributed by atoms with van der Waals surface area (Å²) >= 11 is 12.1. The molecule has 0 aliphatic rings. The molecule has 0 N–H and O–H groups in total. The lowest BCUT2D eigenvalue weighted by Crippen LogP contribution is -2.05. The van der Waals surface area contributed by atoms with Crippen LogP contribution in [0.3, 0.4) is 0 Å². The van der Waals surface area contributed by atoms with Gasteiger partial charge in [-0.05, 0) is 35.9 Å². The van der Waals surface area contributed by atoms with Gasteiger partial charge in [-0.2, -0.15) is 0 Å². The molecular weight excluding hydrogens is 381 g/mol. The van der Waals surface area contributed by atoms with Crippen molar-refractivity contribution in [2.75, 3.05) is 7.11 Å². The first kappa shape index (κ1) is 19.5. The molecule has 0 aliphatic carbocycles. The fourth-order valence-corrected chi connectivity index (χ4v) is 2.51. The van der Waals surface area contributed by atoms with Crippen LogP contribution in [0.1, 0.15) is 11.1 Å². The van der Waals surface area contributed by atoms with Crippen molar-refractivity contribution in [3.8, 4) is 11.5 Å². The molecule has 2 aromatic rings. The van der Waals surface area contributed by atoms with Crippen LogP contribution < -0.4 is 9.47 Å². The van der Waals surface area contributed by atoms with Crippen LogP contribution >= 0.6 is 23.2 Å². The summed E-state index contributed by atoms with van der Waals surface area (Å²) < 4.78 is 10.4. The number of ether oxygens (including phenoxy) is 2. The van der Waals surface area contributed by atoms with Crippen molar-refractivity contribution < 1.29 is 19.2 Å². The number of esters is 1. The summed E-state index contributed by atoms with van der Waals surface area (Å²) in [4.78, 5) is 21.8. The maximum Gasteiger partial charge on any atom is 0.336 e. The third-order valence-electron chi connectivity index (χ3n) is 3.17. The Labute approximate surface area is 159 Å². The third kappa shape index (κ3) is 5.34. The van der Waals surface area contributed by atoms with Crippen LogP contribution in [-0.2, 0) is 4.79 Å². The smallest absolute Gasteiger partial charge is 0.336 e. The van der Waals surface area contributed by atoms with Crippen LogP contribution in [0.5, 0.6) is 11.5 Å². The van der Waals surface area contributed by atoms with Gasteiger partial charge in [-0.25, -0.2) is 4.79 Å². The first-order valence-electron chi connectivity index (χ1n) is 7.24. The van der Waals surface area contributed by atoms with Gasteiger partial charge in [0.25, 0.3) is 0 Å². The van der Waals surface area contributed by atoms with Crippen LogP contribution in [0, 0.1) is 10.1 Å². The molecule has 2 aromatic carbocycles. The summed E-state index contributed by atoms with van der Waals surface area (Å²) in [5.41, 5.74) is 1.02. The van der Waals surface area contributed by atoms with Crippen LogP contribution in [0.15, 0.2) is 48.7 Å². The van der Waals surface area contributed by atoms with E-state index in [1.54, 1.807) is 24.3 Å². The second-order valence-corrected chi connectivity index (χ2v) is 5.72. The Hall–Kier alpha value is -2.83. The van der Waals surface area contributed by atoms with E-state index in [9.17, 15) is 14.9 Å². The number of hydrogen-bond donors (Lipinski definition) is 0. The molecule has 0 fully saturated rings. The third-order valence-corrected chi connectivity index (χ3v) is 3.83. The van der Waals surface area contributed by atoms with E-state index >= 15 is 0 Å². The highest BCUT2D eigenvalue weighted by Crippen LogP contribution is 2.29. The SMILES string of the molecule is COc1cc(/C=C/[N+](=O)[O-])ccc1OC(=O)/C=C/c1c(Cl)cccc1Cl. The van der Waals surface area contributed by atoms with Crippen LogP contribution in [-0.4, -0.2) is 18.0 Å². The van der Waals surface area contributed by atoms with Gasteiger partial charge in [0, 0.05) is 27.8 Å². The van der Waals surface area contributed by atoms with Gasteiger partial charge in [0.15, 0.2) is 11.5 Å². The Morgan fingerprint density at radius 3 is 2.42 bits per heavy atom. The maximum atomic E-state index is 12.0. The van der Waals surface area contributed by atoms with E-state index in [-0.39, 0.29) is 11.5 Å². The second kappa shape index (κ2) is 9.03. The zero-order chi connectivity index (χ0) is 19.1. The first-order chi connectivity index (χ1) is 12.4. The fourth-order valence-electron chi connectivity index (χ4n) is 1.98. The van der Waals surface area contributed by atoms with Gasteiger partial charge < -0.3 is 9.47 Å². The minimum Gasteiger partial charge on any atom is -0.493 e. The number of hydrogen-bond acceptors (Lipinski definition) is 5. The van der Waals surface area contributed by atoms with Gasteiger partial charge in [0.2, 0.25) is 6.20 Å². The van der Waals surface area contributed by atoms with Crippen molar-refractivity contribution in [3.05, 3.63) is 80.0 Å². The summed E-state index contributed by atoms with van der Waals surface area (Å²) in [6.45, 7) is 0. The van der Waals surface area contributed by atoms with Gasteiger partial charge >= 0.3 is 5.97 Å². The molecule has 6 nitrogen and oxygen atoms in total. The number of nitrogens with zero attached hydrogens (tertiary/aromatic N) is 1. The molecule has 0 saturated carbocycles. The Bertz CT molecular complexity index is 873. The van der Waals surface area contributed by atoms with Crippen molar-refractivity contribution in [2.24, 2.45) is 0 Å². The number of carbonyl (C=O) groups is 1. The van der Waals surface area contributed by atoms with E-state index in [1.165, 1.54) is 37.5 Å². The zero-order valence-corrected chi connectivity index (χ0v) is 15.0. The molecule has 0 radical (unpaired) electrons. The van der Waals surface area contributed by atoms with Crippen LogP contribution in [0.4, 0.5) is 0 Å². The highest BCUT2D eigenvalue weighted by molar-refractivity contribution is 6.37. The Balaban J connectivity index is 2.16. The molecule has 0 unspecified atom stereocenters. The molecule has 0 aliphatic heterocycles. The molecular formula is C18H13Cl2NO5. The molecule has 0 amide bonds. The van der Waals surface area contributed by atoms with Crippen molar-refractivity contribution in [1.82, 2.24) is 0 Å². The molecule has 0 spiro atoms. The lowest BCUT2D eigenvalue weighted by atomic mass is 10.2. The standard InChI is InChI=1S/C18H13Cl2NO5/c1-25-17-11-12(9-10-21(23)24)5-7-16(17)26-18(22)8-6-13-14(19)3-2-4-15(13)20/h2-11H,1H3/b8-6+,10-9+. The van der Waals surface area contributed by atoms with E-state index in [4.69, 9.17) is 32.7 Å². The van der Waals surface area contributed by atoms with Gasteiger partial charge in [-0.1, -0.05) is 35.3 Å². The molecule has 0 bridgehead atoms. The Morgan fingerprint density at radius 1 is 1.12 bits per heavy atom. The number of nitro groups is 1. The van der Waals surface area contributed by atoms with Gasteiger partial charge in [0.1, 0.15) is 0 Å². The average molecular weight is 394 g/mol. The number of halogens is 2. The normalized spacial score (nSPS) is 11.0. The summed E-state index contributed by atoms with van der Waals surface area (Å²) in [7, 11) is 1.40. The van der Waals surface area contributed by atoms with Crippen molar-refractivity contribution in [2.45, 2.75) is 0 Å². The lowest BCUT2D eigenvalue weighted by Gasteiger charge is -2.08. The lowest BCUT2D eigenvalue weighted by molar-refractivity contribution is -0.400. The highest BCUT2D eigenvalue weighted by atomic mass is 35.5. The van der Waals surface area contributed by atoms with Crippen molar-refractivity contribution >= 4 is 41.3 Å². The molecule has 0 atom stereocenters. The minimum absolute atomic E-state index is 0.172. The van der Waals surface area contributed by atoms with E-state index in [2.05, 4.69) is 0 Å². The quantitative estimate of drug-likeness (QED) is 0.230. The topological polar surface area (TPSA) is 78.7 Å². The Kier molecular flexibility index (Phi) is 6.77. The van der Waals surface area contributed by atoms with Gasteiger partial charge in [-0.3, -0.25) is 10.1 Å². The largest absolute Gasteiger partial charge is 0.493 e. The minimum atomic E-state index is -0.659. The molecule has 2 rings (SSSR count). The van der Waals surface area contributed by atoms with Gasteiger partial charge in [-0.15, -0.1) is 0 Å². The summed E-state index contributed by atoms with van der Waals surface area (Å²) in [6.07, 6.45) is 4.74. The first-order valence-corrected chi connectivity index (χ1v) is 8.00. The fraction of sp³-hybridized carbons (Fsp3) is 0.0556. The summed E-state index contributed by atoms with van der Waals surface area (Å²) in [5.74, 6) is -0.230. The average Bonchev–Trinajstić information content (AvgIpc) is 2.60. The molecule has 134 valence electrons.